The summed E-state index contributed by atoms with van der Waals surface area (Å²) in [5, 5.41) is 14.9. The molecule has 3 rings (SSSR count). The standard InChI is InChI=1S/C21H21BrN2O4/c1-28-17-11-7-14(8-12-17)18-13-19(15-5-9-16(22)10-6-15)24(23-18)20(25)3-2-4-21(26)27/h5-12,19H,2-4,13H2,1H3,(H,26,27). The van der Waals surface area contributed by atoms with E-state index in [1.54, 1.807) is 7.11 Å². The minimum atomic E-state index is -0.902. The SMILES string of the molecule is COc1ccc(C2=NN(C(=O)CCCC(=O)O)C(c3ccc(Br)cc3)C2)cc1. The molecule has 7 heteroatoms. The number of carboxylic acid groups (broad SMARTS) is 1. The summed E-state index contributed by atoms with van der Waals surface area (Å²) < 4.78 is 6.16. The number of carbonyl (C=O) groups is 2. The maximum Gasteiger partial charge on any atom is 0.303 e. The molecule has 28 heavy (non-hydrogen) atoms. The molecule has 1 amide bonds. The Labute approximate surface area is 171 Å². The highest BCUT2D eigenvalue weighted by molar-refractivity contribution is 9.10. The Hall–Kier alpha value is -2.67. The number of hydrazone groups is 1. The van der Waals surface area contributed by atoms with Gasteiger partial charge in [0.1, 0.15) is 5.75 Å². The van der Waals surface area contributed by atoms with Crippen molar-refractivity contribution in [2.45, 2.75) is 31.7 Å². The summed E-state index contributed by atoms with van der Waals surface area (Å²) >= 11 is 3.43. The van der Waals surface area contributed by atoms with Crippen LogP contribution in [-0.2, 0) is 9.59 Å². The Morgan fingerprint density at radius 2 is 1.82 bits per heavy atom. The van der Waals surface area contributed by atoms with Gasteiger partial charge < -0.3 is 9.84 Å². The molecule has 1 unspecified atom stereocenters. The Kier molecular flexibility index (Phi) is 6.46. The molecule has 1 aliphatic heterocycles. The quantitative estimate of drug-likeness (QED) is 0.686. The van der Waals surface area contributed by atoms with E-state index in [1.807, 2.05) is 48.5 Å². The van der Waals surface area contributed by atoms with Crippen molar-refractivity contribution in [3.05, 3.63) is 64.1 Å². The Bertz CT molecular complexity index is 878. The number of methoxy groups -OCH3 is 1. The first-order valence-electron chi connectivity index (χ1n) is 8.99. The number of rotatable bonds is 7. The lowest BCUT2D eigenvalue weighted by atomic mass is 9.98. The number of benzene rings is 2. The number of amides is 1. The molecule has 1 N–H and O–H groups in total. The minimum absolute atomic E-state index is 0.0302. The van der Waals surface area contributed by atoms with E-state index >= 15 is 0 Å². The second-order valence-corrected chi connectivity index (χ2v) is 7.45. The first kappa shape index (κ1) is 20.1. The van der Waals surface area contributed by atoms with Crippen LogP contribution in [0, 0.1) is 0 Å². The molecular formula is C21H21BrN2O4. The van der Waals surface area contributed by atoms with Crippen molar-refractivity contribution < 1.29 is 19.4 Å². The lowest BCUT2D eigenvalue weighted by Crippen LogP contribution is -2.27. The number of carboxylic acids is 1. The van der Waals surface area contributed by atoms with E-state index in [4.69, 9.17) is 9.84 Å². The highest BCUT2D eigenvalue weighted by Crippen LogP contribution is 2.34. The van der Waals surface area contributed by atoms with E-state index in [0.29, 0.717) is 12.8 Å². The van der Waals surface area contributed by atoms with E-state index in [1.165, 1.54) is 5.01 Å². The molecule has 0 fully saturated rings. The summed E-state index contributed by atoms with van der Waals surface area (Å²) in [6.45, 7) is 0. The van der Waals surface area contributed by atoms with Crippen molar-refractivity contribution in [2.75, 3.05) is 7.11 Å². The molecule has 1 heterocycles. The summed E-state index contributed by atoms with van der Waals surface area (Å²) in [4.78, 5) is 23.5. The molecule has 2 aromatic rings. The highest BCUT2D eigenvalue weighted by Gasteiger charge is 2.32. The van der Waals surface area contributed by atoms with Crippen LogP contribution < -0.4 is 4.74 Å². The summed E-state index contributed by atoms with van der Waals surface area (Å²) in [5.41, 5.74) is 2.74. The van der Waals surface area contributed by atoms with Crippen LogP contribution in [-0.4, -0.2) is 34.8 Å². The van der Waals surface area contributed by atoms with Gasteiger partial charge in [0.2, 0.25) is 5.91 Å². The van der Waals surface area contributed by atoms with Crippen LogP contribution in [0.15, 0.2) is 58.1 Å². The van der Waals surface area contributed by atoms with E-state index in [0.717, 1.165) is 27.1 Å². The fourth-order valence-corrected chi connectivity index (χ4v) is 3.41. The van der Waals surface area contributed by atoms with E-state index in [9.17, 15) is 9.59 Å². The second kappa shape index (κ2) is 9.01. The third-order valence-electron chi connectivity index (χ3n) is 4.63. The van der Waals surface area contributed by atoms with Gasteiger partial charge in [0.15, 0.2) is 0 Å². The molecule has 6 nitrogen and oxygen atoms in total. The average Bonchev–Trinajstić information content (AvgIpc) is 3.14. The molecule has 0 radical (unpaired) electrons. The van der Waals surface area contributed by atoms with Gasteiger partial charge in [0, 0.05) is 23.7 Å². The van der Waals surface area contributed by atoms with Gasteiger partial charge in [-0.25, -0.2) is 5.01 Å². The third-order valence-corrected chi connectivity index (χ3v) is 5.15. The van der Waals surface area contributed by atoms with Crippen molar-refractivity contribution in [1.29, 1.82) is 0 Å². The molecule has 0 saturated heterocycles. The second-order valence-electron chi connectivity index (χ2n) is 6.53. The van der Waals surface area contributed by atoms with Gasteiger partial charge in [-0.15, -0.1) is 0 Å². The maximum absolute atomic E-state index is 12.8. The first-order chi connectivity index (χ1) is 13.5. The zero-order valence-electron chi connectivity index (χ0n) is 15.5. The van der Waals surface area contributed by atoms with Gasteiger partial charge in [-0.05, 0) is 53.9 Å². The molecule has 146 valence electrons. The number of aliphatic carboxylic acids is 1. The molecular weight excluding hydrogens is 424 g/mol. The van der Waals surface area contributed by atoms with Crippen LogP contribution in [0.2, 0.25) is 0 Å². The monoisotopic (exact) mass is 444 g/mol. The van der Waals surface area contributed by atoms with Crippen LogP contribution in [0.5, 0.6) is 5.75 Å². The number of carbonyl (C=O) groups excluding carboxylic acids is 1. The lowest BCUT2D eigenvalue weighted by molar-refractivity contribution is -0.137. The summed E-state index contributed by atoms with van der Waals surface area (Å²) in [7, 11) is 1.61. The number of ether oxygens (including phenoxy) is 1. The third kappa shape index (κ3) is 4.78. The van der Waals surface area contributed by atoms with Crippen LogP contribution in [0.3, 0.4) is 0 Å². The van der Waals surface area contributed by atoms with Crippen molar-refractivity contribution in [1.82, 2.24) is 5.01 Å². The predicted octanol–water partition coefficient (Wildman–Crippen LogP) is 4.39. The Balaban J connectivity index is 1.84. The zero-order chi connectivity index (χ0) is 20.1. The normalized spacial score (nSPS) is 16.0. The molecule has 2 aromatic carbocycles. The van der Waals surface area contributed by atoms with E-state index in [2.05, 4.69) is 21.0 Å². The van der Waals surface area contributed by atoms with Crippen LogP contribution in [0.25, 0.3) is 0 Å². The molecule has 0 bridgehead atoms. The number of hydrogen-bond donors (Lipinski definition) is 1. The van der Waals surface area contributed by atoms with Crippen molar-refractivity contribution in [2.24, 2.45) is 5.10 Å². The fraction of sp³-hybridized carbons (Fsp3) is 0.286. The highest BCUT2D eigenvalue weighted by atomic mass is 79.9. The first-order valence-corrected chi connectivity index (χ1v) is 9.78. The molecule has 0 aliphatic carbocycles. The van der Waals surface area contributed by atoms with Gasteiger partial charge in [0.25, 0.3) is 0 Å². The van der Waals surface area contributed by atoms with Crippen molar-refractivity contribution in [3.63, 3.8) is 0 Å². The van der Waals surface area contributed by atoms with Crippen LogP contribution in [0.1, 0.15) is 42.9 Å². The average molecular weight is 445 g/mol. The molecule has 0 saturated carbocycles. The molecule has 1 aliphatic rings. The fourth-order valence-electron chi connectivity index (χ4n) is 3.15. The maximum atomic E-state index is 12.8. The van der Waals surface area contributed by atoms with E-state index in [-0.39, 0.29) is 24.8 Å². The Morgan fingerprint density at radius 3 is 2.43 bits per heavy atom. The van der Waals surface area contributed by atoms with Gasteiger partial charge >= 0.3 is 5.97 Å². The Morgan fingerprint density at radius 1 is 1.14 bits per heavy atom. The number of halogens is 1. The molecule has 1 atom stereocenters. The summed E-state index contributed by atoms with van der Waals surface area (Å²) in [6, 6.07) is 15.2. The van der Waals surface area contributed by atoms with Gasteiger partial charge in [-0.3, -0.25) is 9.59 Å². The zero-order valence-corrected chi connectivity index (χ0v) is 17.1. The molecule has 0 aromatic heterocycles. The van der Waals surface area contributed by atoms with Crippen LogP contribution in [0.4, 0.5) is 0 Å². The van der Waals surface area contributed by atoms with Crippen molar-refractivity contribution >= 4 is 33.5 Å². The molecule has 0 spiro atoms. The van der Waals surface area contributed by atoms with Gasteiger partial charge in [-0.2, -0.15) is 5.10 Å². The van der Waals surface area contributed by atoms with Gasteiger partial charge in [-0.1, -0.05) is 28.1 Å². The number of hydrogen-bond acceptors (Lipinski definition) is 4. The topological polar surface area (TPSA) is 79.2 Å². The van der Waals surface area contributed by atoms with Crippen molar-refractivity contribution in [3.8, 4) is 5.75 Å². The van der Waals surface area contributed by atoms with Gasteiger partial charge in [0.05, 0.1) is 18.9 Å². The minimum Gasteiger partial charge on any atom is -0.497 e. The summed E-state index contributed by atoms with van der Waals surface area (Å²) in [5.74, 6) is -0.313. The number of nitrogens with zero attached hydrogens (tertiary/aromatic N) is 2. The largest absolute Gasteiger partial charge is 0.497 e. The van der Waals surface area contributed by atoms with E-state index < -0.39 is 5.97 Å². The predicted molar refractivity (Wildman–Crippen MR) is 109 cm³/mol. The van der Waals surface area contributed by atoms with Crippen LogP contribution >= 0.6 is 15.9 Å². The smallest absolute Gasteiger partial charge is 0.303 e. The summed E-state index contributed by atoms with van der Waals surface area (Å²) in [6.07, 6.45) is 1.01. The lowest BCUT2D eigenvalue weighted by Gasteiger charge is -2.22.